The first-order chi connectivity index (χ1) is 13.4. The van der Waals surface area contributed by atoms with Gasteiger partial charge in [-0.3, -0.25) is 4.79 Å². The molecule has 1 aliphatic heterocycles. The van der Waals surface area contributed by atoms with Gasteiger partial charge in [0.05, 0.1) is 8.95 Å². The van der Waals surface area contributed by atoms with Crippen LogP contribution >= 0.6 is 31.9 Å². The van der Waals surface area contributed by atoms with E-state index < -0.39 is 6.23 Å². The van der Waals surface area contributed by atoms with Crippen LogP contribution in [0.25, 0.3) is 5.57 Å². The number of unbranched alkanes of at least 4 members (excludes halogenated alkanes) is 1. The number of halogens is 2. The maximum absolute atomic E-state index is 12.4. The molecule has 1 fully saturated rings. The Morgan fingerprint density at radius 2 is 1.89 bits per heavy atom. The Labute approximate surface area is 180 Å². The molecule has 1 heterocycles. The molecule has 1 aliphatic carbocycles. The van der Waals surface area contributed by atoms with E-state index in [4.69, 9.17) is 0 Å². The Bertz CT molecular complexity index is 943. The van der Waals surface area contributed by atoms with Crippen LogP contribution in [0, 0.1) is 5.92 Å². The van der Waals surface area contributed by atoms with Gasteiger partial charge in [-0.2, -0.15) is 0 Å². The lowest BCUT2D eigenvalue weighted by molar-refractivity contribution is 0.0967. The van der Waals surface area contributed by atoms with Crippen LogP contribution in [0.15, 0.2) is 45.4 Å². The van der Waals surface area contributed by atoms with E-state index in [2.05, 4.69) is 43.3 Å². The van der Waals surface area contributed by atoms with Crippen LogP contribution < -0.4 is 5.32 Å². The maximum Gasteiger partial charge on any atom is 0.165 e. The predicted octanol–water partition coefficient (Wildman–Crippen LogP) is 5.66. The van der Waals surface area contributed by atoms with Crippen molar-refractivity contribution in [3.63, 3.8) is 0 Å². The summed E-state index contributed by atoms with van der Waals surface area (Å²) in [5.74, 6) is 0.611. The summed E-state index contributed by atoms with van der Waals surface area (Å²) in [5.41, 5.74) is 4.50. The summed E-state index contributed by atoms with van der Waals surface area (Å²) in [6.07, 6.45) is 5.88. The maximum atomic E-state index is 12.4. The summed E-state index contributed by atoms with van der Waals surface area (Å²) in [5, 5.41) is 23.3. The number of anilines is 1. The van der Waals surface area contributed by atoms with Crippen molar-refractivity contribution >= 4 is 48.9 Å². The molecule has 1 atom stereocenters. The molecule has 6 heteroatoms. The second-order valence-corrected chi connectivity index (χ2v) is 9.11. The fraction of sp³-hybridized carbons (Fsp3) is 0.318. The van der Waals surface area contributed by atoms with Crippen molar-refractivity contribution in [2.45, 2.75) is 38.3 Å². The van der Waals surface area contributed by atoms with Crippen LogP contribution in [-0.2, 0) is 6.42 Å². The largest absolute Gasteiger partial charge is 0.506 e. The minimum absolute atomic E-state index is 0.189. The summed E-state index contributed by atoms with van der Waals surface area (Å²) in [6.45, 7) is 0. The van der Waals surface area contributed by atoms with Crippen LogP contribution in [-0.4, -0.2) is 22.2 Å². The second kappa shape index (κ2) is 8.01. The molecule has 3 N–H and O–H groups in total. The molecule has 146 valence electrons. The Hall–Kier alpha value is -1.63. The number of phenolic OH excluding ortho intramolecular Hbond substituents is 1. The smallest absolute Gasteiger partial charge is 0.165 e. The van der Waals surface area contributed by atoms with Crippen LogP contribution in [0.4, 0.5) is 5.69 Å². The molecule has 0 radical (unpaired) electrons. The van der Waals surface area contributed by atoms with Crippen LogP contribution in [0.3, 0.4) is 0 Å². The number of allylic oxidation sites excluding steroid dienone is 1. The molecule has 4 rings (SSSR count). The zero-order valence-corrected chi connectivity index (χ0v) is 18.4. The number of aryl methyl sites for hydroxylation is 1. The molecule has 0 bridgehead atoms. The van der Waals surface area contributed by atoms with Crippen molar-refractivity contribution < 1.29 is 15.0 Å². The summed E-state index contributed by atoms with van der Waals surface area (Å²) in [7, 11) is 0. The van der Waals surface area contributed by atoms with Gasteiger partial charge in [-0.15, -0.1) is 0 Å². The minimum Gasteiger partial charge on any atom is -0.506 e. The lowest BCUT2D eigenvalue weighted by Gasteiger charge is -2.07. The summed E-state index contributed by atoms with van der Waals surface area (Å²) >= 11 is 6.72. The number of hydrogen-bond acceptors (Lipinski definition) is 4. The SMILES string of the molecule is O=C(c1ccc2c(c1)/C(=C/CCCc1cc(Br)c(O)c(Br)c1)C(O)N2)C1CC1. The average molecular weight is 507 g/mol. The van der Waals surface area contributed by atoms with E-state index in [-0.39, 0.29) is 17.5 Å². The summed E-state index contributed by atoms with van der Waals surface area (Å²) in [6, 6.07) is 9.50. The zero-order valence-electron chi connectivity index (χ0n) is 15.2. The minimum atomic E-state index is -0.738. The van der Waals surface area contributed by atoms with E-state index in [0.717, 1.165) is 60.1 Å². The Morgan fingerprint density at radius 3 is 2.57 bits per heavy atom. The third-order valence-corrected chi connectivity index (χ3v) is 6.47. The Kier molecular flexibility index (Phi) is 5.63. The lowest BCUT2D eigenvalue weighted by atomic mass is 9.98. The van der Waals surface area contributed by atoms with E-state index in [1.807, 2.05) is 30.3 Å². The highest BCUT2D eigenvalue weighted by Gasteiger charge is 2.32. The number of phenols is 1. The number of rotatable bonds is 6. The quantitative estimate of drug-likeness (QED) is 0.349. The first-order valence-corrected chi connectivity index (χ1v) is 11.0. The summed E-state index contributed by atoms with van der Waals surface area (Å²) in [4.78, 5) is 12.4. The molecular formula is C22H21Br2NO3. The number of ketones is 1. The van der Waals surface area contributed by atoms with Gasteiger partial charge >= 0.3 is 0 Å². The van der Waals surface area contributed by atoms with Gasteiger partial charge in [0.15, 0.2) is 12.0 Å². The van der Waals surface area contributed by atoms with E-state index in [9.17, 15) is 15.0 Å². The molecule has 2 aliphatic rings. The monoisotopic (exact) mass is 505 g/mol. The number of nitrogens with one attached hydrogen (secondary N) is 1. The second-order valence-electron chi connectivity index (χ2n) is 7.41. The van der Waals surface area contributed by atoms with Gasteiger partial charge in [-0.25, -0.2) is 0 Å². The fourth-order valence-corrected chi connectivity index (χ4v) is 4.84. The molecular weight excluding hydrogens is 486 g/mol. The van der Waals surface area contributed by atoms with Crippen molar-refractivity contribution in [1.29, 1.82) is 0 Å². The van der Waals surface area contributed by atoms with Gasteiger partial charge in [0, 0.05) is 28.3 Å². The number of carbonyl (C=O) groups is 1. The standard InChI is InChI=1S/C22H21Br2NO3/c23-17-9-12(10-18(24)21(17)27)3-1-2-4-15-16-11-14(20(26)13-5-6-13)7-8-19(16)25-22(15)28/h4,7-11,13,22,25,27-28H,1-3,5-6H2/b15-4-. The van der Waals surface area contributed by atoms with Gasteiger partial charge in [-0.1, -0.05) is 6.08 Å². The molecule has 1 unspecified atom stereocenters. The van der Waals surface area contributed by atoms with E-state index >= 15 is 0 Å². The van der Waals surface area contributed by atoms with Gasteiger partial charge in [-0.05, 0) is 99.9 Å². The highest BCUT2D eigenvalue weighted by Crippen LogP contribution is 2.38. The number of carbonyl (C=O) groups excluding carboxylic acids is 1. The van der Waals surface area contributed by atoms with Crippen LogP contribution in [0.5, 0.6) is 5.75 Å². The van der Waals surface area contributed by atoms with Crippen molar-refractivity contribution in [2.24, 2.45) is 5.92 Å². The van der Waals surface area contributed by atoms with E-state index in [1.54, 1.807) is 0 Å². The Morgan fingerprint density at radius 1 is 1.18 bits per heavy atom. The fourth-order valence-electron chi connectivity index (χ4n) is 3.56. The molecule has 4 nitrogen and oxygen atoms in total. The first kappa shape index (κ1) is 19.7. The highest BCUT2D eigenvalue weighted by atomic mass is 79.9. The Balaban J connectivity index is 1.45. The van der Waals surface area contributed by atoms with Gasteiger partial charge in [0.1, 0.15) is 5.75 Å². The number of fused-ring (bicyclic) bond motifs is 1. The number of hydrogen-bond donors (Lipinski definition) is 3. The topological polar surface area (TPSA) is 69.6 Å². The normalized spacial score (nSPS) is 19.5. The van der Waals surface area contributed by atoms with Crippen molar-refractivity contribution in [1.82, 2.24) is 0 Å². The third kappa shape index (κ3) is 4.04. The number of aromatic hydroxyl groups is 1. The third-order valence-electron chi connectivity index (χ3n) is 5.26. The van der Waals surface area contributed by atoms with Gasteiger partial charge in [0.2, 0.25) is 0 Å². The van der Waals surface area contributed by atoms with Gasteiger partial charge in [0.25, 0.3) is 0 Å². The molecule has 1 saturated carbocycles. The lowest BCUT2D eigenvalue weighted by Crippen LogP contribution is -2.12. The predicted molar refractivity (Wildman–Crippen MR) is 118 cm³/mol. The number of aliphatic hydroxyl groups is 1. The average Bonchev–Trinajstić information content (AvgIpc) is 3.46. The highest BCUT2D eigenvalue weighted by molar-refractivity contribution is 9.11. The zero-order chi connectivity index (χ0) is 19.8. The van der Waals surface area contributed by atoms with Gasteiger partial charge < -0.3 is 15.5 Å². The van der Waals surface area contributed by atoms with E-state index in [0.29, 0.717) is 8.95 Å². The first-order valence-electron chi connectivity index (χ1n) is 9.44. The van der Waals surface area contributed by atoms with Crippen LogP contribution in [0.2, 0.25) is 0 Å². The molecule has 28 heavy (non-hydrogen) atoms. The number of Topliss-reactive ketones (excluding diaryl/α,β-unsaturated/α-hetero) is 1. The molecule has 0 aromatic heterocycles. The summed E-state index contributed by atoms with van der Waals surface area (Å²) < 4.78 is 1.35. The van der Waals surface area contributed by atoms with Crippen molar-refractivity contribution in [2.75, 3.05) is 5.32 Å². The molecule has 2 aromatic rings. The number of benzene rings is 2. The molecule has 0 spiro atoms. The van der Waals surface area contributed by atoms with Crippen molar-refractivity contribution in [3.8, 4) is 5.75 Å². The number of aliphatic hydroxyl groups excluding tert-OH is 1. The van der Waals surface area contributed by atoms with Crippen LogP contribution in [0.1, 0.15) is 47.2 Å². The molecule has 2 aromatic carbocycles. The molecule has 0 amide bonds. The molecule has 0 saturated heterocycles. The van der Waals surface area contributed by atoms with Crippen molar-refractivity contribution in [3.05, 3.63) is 62.0 Å². The van der Waals surface area contributed by atoms with E-state index in [1.165, 1.54) is 0 Å².